The molecule has 1 atom stereocenters. The van der Waals surface area contributed by atoms with Gasteiger partial charge < -0.3 is 20.3 Å². The molecular formula is C24H22F3N5O6S. The molecule has 0 unspecified atom stereocenters. The Kier molecular flexibility index (Phi) is 8.03. The van der Waals surface area contributed by atoms with Crippen molar-refractivity contribution in [2.24, 2.45) is 0 Å². The van der Waals surface area contributed by atoms with Crippen molar-refractivity contribution in [1.82, 2.24) is 20.5 Å². The van der Waals surface area contributed by atoms with Crippen molar-refractivity contribution in [1.29, 1.82) is 0 Å². The topological polar surface area (TPSA) is 167 Å². The molecule has 1 amide bonds. The number of aliphatic hydroxyl groups excluding tert-OH is 2. The van der Waals surface area contributed by atoms with Crippen molar-refractivity contribution in [3.8, 4) is 17.0 Å². The van der Waals surface area contributed by atoms with E-state index in [1.165, 1.54) is 24.3 Å². The molecule has 206 valence electrons. The summed E-state index contributed by atoms with van der Waals surface area (Å²) in [4.78, 5) is 15.3. The molecule has 4 rings (SSSR count). The second-order valence-electron chi connectivity index (χ2n) is 8.24. The zero-order chi connectivity index (χ0) is 28.3. The van der Waals surface area contributed by atoms with Gasteiger partial charge >= 0.3 is 0 Å². The number of anilines is 1. The van der Waals surface area contributed by atoms with Crippen LogP contribution in [0.2, 0.25) is 0 Å². The predicted octanol–water partition coefficient (Wildman–Crippen LogP) is 2.32. The summed E-state index contributed by atoms with van der Waals surface area (Å²) in [7, 11) is -3.44. The number of pyridine rings is 1. The van der Waals surface area contributed by atoms with Crippen LogP contribution in [0.15, 0.2) is 47.5 Å². The second-order valence-corrected chi connectivity index (χ2v) is 9.89. The maximum absolute atomic E-state index is 15.5. The lowest BCUT2D eigenvalue weighted by atomic mass is 10.0. The molecule has 0 aliphatic heterocycles. The van der Waals surface area contributed by atoms with E-state index in [-0.39, 0.29) is 40.7 Å². The van der Waals surface area contributed by atoms with E-state index in [4.69, 9.17) is 9.84 Å². The number of sulfonamides is 1. The lowest BCUT2D eigenvalue weighted by Gasteiger charge is -2.13. The quantitative estimate of drug-likeness (QED) is 0.195. The summed E-state index contributed by atoms with van der Waals surface area (Å²) in [6.45, 7) is -0.431. The highest BCUT2D eigenvalue weighted by Crippen LogP contribution is 2.34. The van der Waals surface area contributed by atoms with Gasteiger partial charge in [0.2, 0.25) is 5.88 Å². The average Bonchev–Trinajstić information content (AvgIpc) is 3.35. The molecule has 2 aromatic heterocycles. The Labute approximate surface area is 219 Å². The maximum Gasteiger partial charge on any atom is 0.269 e. The first-order valence-corrected chi connectivity index (χ1v) is 12.8. The van der Waals surface area contributed by atoms with Crippen LogP contribution in [0.5, 0.6) is 5.88 Å². The molecule has 0 spiro atoms. The number of aromatic amines is 1. The number of H-pyrrole nitrogens is 1. The van der Waals surface area contributed by atoms with Gasteiger partial charge in [-0.25, -0.2) is 26.6 Å². The molecule has 0 saturated heterocycles. The predicted molar refractivity (Wildman–Crippen MR) is 133 cm³/mol. The van der Waals surface area contributed by atoms with Gasteiger partial charge in [-0.2, -0.15) is 5.10 Å². The number of aromatic nitrogens is 3. The van der Waals surface area contributed by atoms with Gasteiger partial charge in [0.1, 0.15) is 17.0 Å². The zero-order valence-corrected chi connectivity index (χ0v) is 21.0. The van der Waals surface area contributed by atoms with Gasteiger partial charge in [-0.1, -0.05) is 18.2 Å². The van der Waals surface area contributed by atoms with Gasteiger partial charge in [0, 0.05) is 29.1 Å². The Morgan fingerprint density at radius 3 is 2.62 bits per heavy atom. The number of hydrogen-bond donors (Lipinski definition) is 5. The monoisotopic (exact) mass is 565 g/mol. The summed E-state index contributed by atoms with van der Waals surface area (Å²) < 4.78 is 77.2. The third-order valence-corrected chi connectivity index (χ3v) is 7.03. The Morgan fingerprint density at radius 2 is 1.90 bits per heavy atom. The molecule has 2 aromatic carbocycles. The maximum atomic E-state index is 15.5. The molecule has 4 aromatic rings. The number of halogens is 3. The fourth-order valence-electron chi connectivity index (χ4n) is 3.73. The Hall–Kier alpha value is -4.21. The van der Waals surface area contributed by atoms with Gasteiger partial charge in [0.25, 0.3) is 15.9 Å². The number of rotatable bonds is 10. The molecule has 0 radical (unpaired) electrons. The number of fused-ring (bicyclic) bond motifs is 1. The van der Waals surface area contributed by atoms with Crippen molar-refractivity contribution in [2.45, 2.75) is 17.4 Å². The molecule has 0 saturated carbocycles. The zero-order valence-electron chi connectivity index (χ0n) is 20.2. The highest BCUT2D eigenvalue weighted by atomic mass is 32.2. The van der Waals surface area contributed by atoms with Crippen LogP contribution in [0.4, 0.5) is 18.9 Å². The number of carbonyl (C=O) groups is 1. The number of aliphatic hydroxyl groups is 2. The molecule has 11 nitrogen and oxygen atoms in total. The first-order valence-electron chi connectivity index (χ1n) is 11.3. The van der Waals surface area contributed by atoms with E-state index < -0.39 is 62.6 Å². The van der Waals surface area contributed by atoms with Crippen molar-refractivity contribution in [2.75, 3.05) is 25.0 Å². The van der Waals surface area contributed by atoms with Crippen molar-refractivity contribution < 1.29 is 41.3 Å². The van der Waals surface area contributed by atoms with E-state index in [1.54, 1.807) is 0 Å². The number of ether oxygens (including phenoxy) is 1. The van der Waals surface area contributed by atoms with Crippen LogP contribution in [-0.2, 0) is 10.0 Å². The molecule has 15 heteroatoms. The average molecular weight is 566 g/mol. The summed E-state index contributed by atoms with van der Waals surface area (Å²) >= 11 is 0. The molecule has 2 heterocycles. The van der Waals surface area contributed by atoms with E-state index >= 15 is 8.78 Å². The van der Waals surface area contributed by atoms with E-state index in [9.17, 15) is 22.7 Å². The molecular weight excluding hydrogens is 543 g/mol. The first-order chi connectivity index (χ1) is 18.6. The Morgan fingerprint density at radius 1 is 1.15 bits per heavy atom. The highest BCUT2D eigenvalue weighted by Gasteiger charge is 2.25. The van der Waals surface area contributed by atoms with Gasteiger partial charge in [0.15, 0.2) is 16.5 Å². The molecule has 0 aliphatic rings. The van der Waals surface area contributed by atoms with Crippen molar-refractivity contribution in [3.63, 3.8) is 0 Å². The lowest BCUT2D eigenvalue weighted by Crippen LogP contribution is -2.28. The van der Waals surface area contributed by atoms with Gasteiger partial charge in [-0.05, 0) is 18.6 Å². The standard InChI is InChI=1S/C24H22F3N5O6S/c1-38-24-18(9-12(25)10-29-24)39(36,37)32-17-4-2-3-14(19(17)26)15-5-6-16-21(20(15)27)30-31-22(16)23(35)28-8-7-13(34)11-33/h2-6,9-10,13,32-34H,7-8,11H2,1H3,(H,28,35)(H,30,31)/t13-/m0/s1. The summed E-state index contributed by atoms with van der Waals surface area (Å²) in [5, 5.41) is 27.1. The van der Waals surface area contributed by atoms with Crippen LogP contribution in [0.1, 0.15) is 16.9 Å². The molecule has 0 aliphatic carbocycles. The van der Waals surface area contributed by atoms with Crippen molar-refractivity contribution >= 4 is 32.5 Å². The normalized spacial score (nSPS) is 12.4. The number of hydrogen-bond acceptors (Lipinski definition) is 8. The SMILES string of the molecule is COc1ncc(F)cc1S(=O)(=O)Nc1cccc(-c2ccc3c(C(=O)NCC[C@H](O)CO)[nH]nc3c2F)c1F. The Bertz CT molecular complexity index is 1650. The van der Waals surface area contributed by atoms with Crippen LogP contribution in [0, 0.1) is 17.5 Å². The van der Waals surface area contributed by atoms with Crippen LogP contribution in [0.25, 0.3) is 22.0 Å². The van der Waals surface area contributed by atoms with E-state index in [0.717, 1.165) is 19.4 Å². The number of methoxy groups -OCH3 is 1. The third kappa shape index (κ3) is 5.64. The molecule has 0 fully saturated rings. The molecule has 39 heavy (non-hydrogen) atoms. The number of benzene rings is 2. The number of amides is 1. The molecule has 0 bridgehead atoms. The van der Waals surface area contributed by atoms with E-state index in [0.29, 0.717) is 6.07 Å². The number of nitrogens with one attached hydrogen (secondary N) is 3. The minimum Gasteiger partial charge on any atom is -0.480 e. The summed E-state index contributed by atoms with van der Waals surface area (Å²) in [6.07, 6.45) is -0.162. The van der Waals surface area contributed by atoms with E-state index in [2.05, 4.69) is 20.5 Å². The fraction of sp³-hybridized carbons (Fsp3) is 0.208. The van der Waals surface area contributed by atoms with Gasteiger partial charge in [-0.15, -0.1) is 0 Å². The third-order valence-electron chi connectivity index (χ3n) is 5.67. The smallest absolute Gasteiger partial charge is 0.269 e. The van der Waals surface area contributed by atoms with Gasteiger partial charge in [0.05, 0.1) is 31.7 Å². The van der Waals surface area contributed by atoms with Crippen LogP contribution in [0.3, 0.4) is 0 Å². The fourth-order valence-corrected chi connectivity index (χ4v) is 4.92. The largest absolute Gasteiger partial charge is 0.480 e. The summed E-state index contributed by atoms with van der Waals surface area (Å²) in [5.41, 5.74) is -1.48. The number of carbonyl (C=O) groups excluding carboxylic acids is 1. The number of nitrogens with zero attached hydrogens (tertiary/aromatic N) is 2. The van der Waals surface area contributed by atoms with Crippen molar-refractivity contribution in [3.05, 3.63) is 65.7 Å². The minimum atomic E-state index is -4.57. The minimum absolute atomic E-state index is 0.0348. The summed E-state index contributed by atoms with van der Waals surface area (Å²) in [5.74, 6) is -4.12. The van der Waals surface area contributed by atoms with Crippen LogP contribution < -0.4 is 14.8 Å². The summed E-state index contributed by atoms with van der Waals surface area (Å²) in [6, 6.07) is 6.80. The van der Waals surface area contributed by atoms with Gasteiger partial charge in [-0.3, -0.25) is 14.6 Å². The van der Waals surface area contributed by atoms with E-state index in [1.807, 2.05) is 4.72 Å². The van der Waals surface area contributed by atoms with Crippen LogP contribution in [-0.4, -0.2) is 66.1 Å². The first kappa shape index (κ1) is 27.8. The highest BCUT2D eigenvalue weighted by molar-refractivity contribution is 7.92. The second kappa shape index (κ2) is 11.3. The van der Waals surface area contributed by atoms with Crippen LogP contribution >= 0.6 is 0 Å². The Balaban J connectivity index is 1.65. The molecule has 5 N–H and O–H groups in total. The lowest BCUT2D eigenvalue weighted by molar-refractivity contribution is 0.0832.